The van der Waals surface area contributed by atoms with Crippen LogP contribution in [0.4, 0.5) is 0 Å². The lowest BCUT2D eigenvalue weighted by Gasteiger charge is -2.35. The Morgan fingerprint density at radius 1 is 1.52 bits per heavy atom. The van der Waals surface area contributed by atoms with Crippen molar-refractivity contribution in [1.82, 2.24) is 9.88 Å². The van der Waals surface area contributed by atoms with Gasteiger partial charge < -0.3 is 20.4 Å². The lowest BCUT2D eigenvalue weighted by Crippen LogP contribution is -2.58. The number of carbonyl (C=O) groups excluding carboxylic acids is 2. The van der Waals surface area contributed by atoms with Gasteiger partial charge in [-0.15, -0.1) is 0 Å². The molecule has 2 amide bonds. The molecular weight excluding hydrogens is 270 g/mol. The molecule has 1 aliphatic rings. The fraction of sp³-hybridized carbons (Fsp3) is 0.600. The van der Waals surface area contributed by atoms with Gasteiger partial charge in [-0.3, -0.25) is 9.59 Å². The molecule has 1 aromatic rings. The molecule has 0 aliphatic carbocycles. The van der Waals surface area contributed by atoms with Gasteiger partial charge >= 0.3 is 0 Å². The van der Waals surface area contributed by atoms with E-state index in [9.17, 15) is 9.59 Å². The number of carbonyl (C=O) groups is 2. The molecule has 1 aromatic heterocycles. The first-order chi connectivity index (χ1) is 9.94. The van der Waals surface area contributed by atoms with Crippen LogP contribution in [0.2, 0.25) is 0 Å². The zero-order valence-electron chi connectivity index (χ0n) is 12.8. The first kappa shape index (κ1) is 15.6. The van der Waals surface area contributed by atoms with Crippen molar-refractivity contribution in [1.29, 1.82) is 0 Å². The highest BCUT2D eigenvalue weighted by atomic mass is 16.5. The molecule has 1 atom stereocenters. The van der Waals surface area contributed by atoms with Gasteiger partial charge in [-0.05, 0) is 24.8 Å². The van der Waals surface area contributed by atoms with E-state index in [1.54, 1.807) is 17.2 Å². The van der Waals surface area contributed by atoms with Crippen molar-refractivity contribution in [2.24, 2.45) is 5.73 Å². The van der Waals surface area contributed by atoms with Crippen molar-refractivity contribution >= 4 is 11.8 Å². The molecule has 21 heavy (non-hydrogen) atoms. The zero-order valence-corrected chi connectivity index (χ0v) is 12.8. The highest BCUT2D eigenvalue weighted by Crippen LogP contribution is 2.32. The van der Waals surface area contributed by atoms with Crippen molar-refractivity contribution in [3.63, 3.8) is 0 Å². The molecule has 1 unspecified atom stereocenters. The van der Waals surface area contributed by atoms with Gasteiger partial charge in [-0.25, -0.2) is 0 Å². The number of likely N-dealkylation sites (tertiary alicyclic amines) is 1. The van der Waals surface area contributed by atoms with Gasteiger partial charge in [0.05, 0.1) is 12.2 Å². The van der Waals surface area contributed by atoms with Gasteiger partial charge in [0.1, 0.15) is 5.54 Å². The lowest BCUT2D eigenvalue weighted by atomic mass is 9.95. The smallest absolute Gasteiger partial charge is 0.256 e. The monoisotopic (exact) mass is 293 g/mol. The molecule has 0 spiro atoms. The summed E-state index contributed by atoms with van der Waals surface area (Å²) in [7, 11) is 1.52. The summed E-state index contributed by atoms with van der Waals surface area (Å²) < 4.78 is 5.16. The van der Waals surface area contributed by atoms with Crippen LogP contribution in [0.25, 0.3) is 0 Å². The van der Waals surface area contributed by atoms with Gasteiger partial charge in [-0.2, -0.15) is 0 Å². The number of ether oxygens (including phenoxy) is 1. The number of nitrogens with two attached hydrogens (primary N) is 1. The second kappa shape index (κ2) is 5.89. The first-order valence-electron chi connectivity index (χ1n) is 7.22. The van der Waals surface area contributed by atoms with Crippen molar-refractivity contribution < 1.29 is 14.3 Å². The molecule has 116 valence electrons. The van der Waals surface area contributed by atoms with Gasteiger partial charge in [0.2, 0.25) is 5.91 Å². The number of nitrogens with one attached hydrogen (secondary N) is 1. The van der Waals surface area contributed by atoms with E-state index in [-0.39, 0.29) is 18.4 Å². The number of aromatic nitrogens is 1. The van der Waals surface area contributed by atoms with Crippen LogP contribution in [0.15, 0.2) is 12.3 Å². The van der Waals surface area contributed by atoms with Crippen LogP contribution in [-0.2, 0) is 9.53 Å². The molecule has 6 nitrogen and oxygen atoms in total. The minimum absolute atomic E-state index is 0.134. The standard InChI is InChI=1S/C15H23N3O3/c1-10(2)12-11(5-7-17-12)13(19)18-8-4-6-15(18,9-21-3)14(16)20/h5,7,10,17H,4,6,8-9H2,1-3H3,(H2,16,20). The number of aromatic amines is 1. The van der Waals surface area contributed by atoms with Gasteiger partial charge in [-0.1, -0.05) is 13.8 Å². The number of methoxy groups -OCH3 is 1. The van der Waals surface area contributed by atoms with Crippen LogP contribution in [0, 0.1) is 0 Å². The van der Waals surface area contributed by atoms with Crippen molar-refractivity contribution in [3.05, 3.63) is 23.5 Å². The summed E-state index contributed by atoms with van der Waals surface area (Å²) in [4.78, 5) is 29.5. The normalized spacial score (nSPS) is 22.0. The summed E-state index contributed by atoms with van der Waals surface area (Å²) in [5, 5.41) is 0. The van der Waals surface area contributed by atoms with E-state index in [0.29, 0.717) is 18.5 Å². The molecule has 0 saturated carbocycles. The maximum atomic E-state index is 12.9. The molecule has 1 fully saturated rings. The predicted octanol–water partition coefficient (Wildman–Crippen LogP) is 1.24. The predicted molar refractivity (Wildman–Crippen MR) is 79.0 cm³/mol. The second-order valence-corrected chi connectivity index (χ2v) is 5.85. The van der Waals surface area contributed by atoms with Crippen molar-refractivity contribution in [3.8, 4) is 0 Å². The fourth-order valence-corrected chi connectivity index (χ4v) is 3.08. The molecule has 1 aliphatic heterocycles. The molecule has 6 heteroatoms. The third-order valence-corrected chi connectivity index (χ3v) is 4.16. The number of nitrogens with zero attached hydrogens (tertiary/aromatic N) is 1. The SMILES string of the molecule is COCC1(C(N)=O)CCCN1C(=O)c1cc[nH]c1C(C)C. The largest absolute Gasteiger partial charge is 0.382 e. The Morgan fingerprint density at radius 3 is 2.81 bits per heavy atom. The van der Waals surface area contributed by atoms with Crippen molar-refractivity contribution in [2.75, 3.05) is 20.3 Å². The fourth-order valence-electron chi connectivity index (χ4n) is 3.08. The van der Waals surface area contributed by atoms with Crippen LogP contribution in [0.5, 0.6) is 0 Å². The summed E-state index contributed by atoms with van der Waals surface area (Å²) in [6.45, 7) is 4.69. The molecular formula is C15H23N3O3. The summed E-state index contributed by atoms with van der Waals surface area (Å²) >= 11 is 0. The summed E-state index contributed by atoms with van der Waals surface area (Å²) in [6, 6.07) is 1.76. The van der Waals surface area contributed by atoms with E-state index < -0.39 is 11.4 Å². The van der Waals surface area contributed by atoms with Crippen LogP contribution < -0.4 is 5.73 Å². The Kier molecular flexibility index (Phi) is 4.37. The summed E-state index contributed by atoms with van der Waals surface area (Å²) in [6.07, 6.45) is 3.05. The minimum Gasteiger partial charge on any atom is -0.382 e. The zero-order chi connectivity index (χ0) is 15.6. The summed E-state index contributed by atoms with van der Waals surface area (Å²) in [5.74, 6) is -0.461. The van der Waals surface area contributed by atoms with E-state index in [1.165, 1.54) is 7.11 Å². The number of rotatable bonds is 5. The third kappa shape index (κ3) is 2.55. The van der Waals surface area contributed by atoms with E-state index in [0.717, 1.165) is 12.1 Å². The summed E-state index contributed by atoms with van der Waals surface area (Å²) in [5.41, 5.74) is 6.03. The number of hydrogen-bond acceptors (Lipinski definition) is 3. The van der Waals surface area contributed by atoms with Crippen LogP contribution in [0.3, 0.4) is 0 Å². The average molecular weight is 293 g/mol. The van der Waals surface area contributed by atoms with E-state index >= 15 is 0 Å². The molecule has 0 aromatic carbocycles. The van der Waals surface area contributed by atoms with Crippen LogP contribution in [-0.4, -0.2) is 47.5 Å². The van der Waals surface area contributed by atoms with Crippen LogP contribution in [0.1, 0.15) is 48.7 Å². The van der Waals surface area contributed by atoms with E-state index in [1.807, 2.05) is 13.8 Å². The first-order valence-corrected chi connectivity index (χ1v) is 7.22. The van der Waals surface area contributed by atoms with Gasteiger partial charge in [0.15, 0.2) is 0 Å². The minimum atomic E-state index is -1.03. The number of hydrogen-bond donors (Lipinski definition) is 2. The second-order valence-electron chi connectivity index (χ2n) is 5.85. The Bertz CT molecular complexity index is 538. The van der Waals surface area contributed by atoms with Gasteiger partial charge in [0, 0.05) is 25.5 Å². The molecule has 3 N–H and O–H groups in total. The highest BCUT2D eigenvalue weighted by Gasteiger charge is 2.49. The Morgan fingerprint density at radius 2 is 2.24 bits per heavy atom. The number of primary amides is 1. The van der Waals surface area contributed by atoms with Gasteiger partial charge in [0.25, 0.3) is 5.91 Å². The Labute approximate surface area is 124 Å². The van der Waals surface area contributed by atoms with Crippen LogP contribution >= 0.6 is 0 Å². The Balaban J connectivity index is 2.37. The molecule has 1 saturated heterocycles. The molecule has 2 rings (SSSR count). The third-order valence-electron chi connectivity index (χ3n) is 4.16. The highest BCUT2D eigenvalue weighted by molar-refractivity contribution is 6.00. The maximum Gasteiger partial charge on any atom is 0.256 e. The maximum absolute atomic E-state index is 12.9. The Hall–Kier alpha value is -1.82. The molecule has 2 heterocycles. The molecule has 0 radical (unpaired) electrons. The quantitative estimate of drug-likeness (QED) is 0.856. The lowest BCUT2D eigenvalue weighted by molar-refractivity contribution is -0.130. The van der Waals surface area contributed by atoms with Crippen molar-refractivity contribution in [2.45, 2.75) is 38.1 Å². The topological polar surface area (TPSA) is 88.4 Å². The number of H-pyrrole nitrogens is 1. The van der Waals surface area contributed by atoms with E-state index in [2.05, 4.69) is 4.98 Å². The average Bonchev–Trinajstić information content (AvgIpc) is 3.05. The molecule has 0 bridgehead atoms. The van der Waals surface area contributed by atoms with E-state index in [4.69, 9.17) is 10.5 Å². The number of amides is 2.